The Morgan fingerprint density at radius 1 is 0.897 bits per heavy atom. The van der Waals surface area contributed by atoms with Crippen LogP contribution in [-0.2, 0) is 20.9 Å². The molecule has 7 nitrogen and oxygen atoms in total. The van der Waals surface area contributed by atoms with Gasteiger partial charge in [0.15, 0.2) is 12.4 Å². The van der Waals surface area contributed by atoms with Crippen LogP contribution in [0.4, 0.5) is 16.2 Å². The fraction of sp³-hybridized carbons (Fsp3) is 0.484. The van der Waals surface area contributed by atoms with Crippen molar-refractivity contribution >= 4 is 35.2 Å². The number of nitrogens with zero attached hydrogens (tertiary/aromatic N) is 1. The average Bonchev–Trinajstić information content (AvgIpc) is 2.83. The number of carbonyl (C=O) groups excluding carboxylic acids is 3. The molecule has 0 unspecified atom stereocenters. The highest BCUT2D eigenvalue weighted by Gasteiger charge is 2.54. The zero-order chi connectivity index (χ0) is 26.9. The van der Waals surface area contributed by atoms with E-state index in [2.05, 4.69) is 10.6 Å². The van der Waals surface area contributed by atoms with Gasteiger partial charge in [0.25, 0.3) is 0 Å². The molecule has 2 N–H and O–H groups in total. The second-order valence-corrected chi connectivity index (χ2v) is 12.5. The van der Waals surface area contributed by atoms with Crippen LogP contribution in [-0.4, -0.2) is 23.4 Å². The van der Waals surface area contributed by atoms with Crippen molar-refractivity contribution in [2.45, 2.75) is 71.4 Å². The Balaban J connectivity index is 0.00000353. The summed E-state index contributed by atoms with van der Waals surface area (Å²) in [6.45, 7) is 5.83. The van der Waals surface area contributed by atoms with E-state index in [9.17, 15) is 14.4 Å². The molecule has 0 aliphatic heterocycles. The fourth-order valence-corrected chi connectivity index (χ4v) is 6.89. The predicted molar refractivity (Wildman–Crippen MR) is 146 cm³/mol. The lowest BCUT2D eigenvalue weighted by atomic mass is 9.48. The Morgan fingerprint density at radius 3 is 1.97 bits per heavy atom. The van der Waals surface area contributed by atoms with E-state index < -0.39 is 11.7 Å². The molecule has 208 valence electrons. The molecule has 4 fully saturated rings. The van der Waals surface area contributed by atoms with Crippen LogP contribution in [0.5, 0.6) is 0 Å². The molecule has 0 radical (unpaired) electrons. The summed E-state index contributed by atoms with van der Waals surface area (Å²) < 4.78 is 7.18. The van der Waals surface area contributed by atoms with Gasteiger partial charge in [0, 0.05) is 29.3 Å². The third-order valence-corrected chi connectivity index (χ3v) is 8.10. The minimum Gasteiger partial charge on any atom is -1.00 e. The van der Waals surface area contributed by atoms with Crippen molar-refractivity contribution in [3.05, 3.63) is 60.4 Å². The number of amides is 2. The lowest BCUT2D eigenvalue weighted by molar-refractivity contribution is -0.684. The maximum absolute atomic E-state index is 13.4. The Hall–Kier alpha value is -3.00. The second-order valence-electron chi connectivity index (χ2n) is 12.5. The molecule has 1 aromatic heterocycles. The number of pyridine rings is 1. The number of hydrogen-bond donors (Lipinski definition) is 2. The SMILES string of the molecule is CC(C)(C)OC(=O)Nc1ccc(/C=C/C(=O)Nc2cc[n+](CC(=O)C34CC5CC(CC(C5)C3)C4)cc2)cc1.[Br-]. The summed E-state index contributed by atoms with van der Waals surface area (Å²) in [5.41, 5.74) is 1.45. The van der Waals surface area contributed by atoms with Crippen LogP contribution in [0.3, 0.4) is 0 Å². The maximum atomic E-state index is 13.4. The van der Waals surface area contributed by atoms with Crippen molar-refractivity contribution in [1.82, 2.24) is 0 Å². The third-order valence-electron chi connectivity index (χ3n) is 8.10. The van der Waals surface area contributed by atoms with Gasteiger partial charge in [-0.05, 0) is 101 Å². The molecule has 0 atom stereocenters. The fourth-order valence-electron chi connectivity index (χ4n) is 6.89. The number of anilines is 2. The summed E-state index contributed by atoms with van der Waals surface area (Å²) in [5, 5.41) is 5.55. The molecular weight excluding hydrogens is 558 g/mol. The summed E-state index contributed by atoms with van der Waals surface area (Å²) in [4.78, 5) is 37.7. The lowest BCUT2D eigenvalue weighted by Gasteiger charge is -2.55. The quantitative estimate of drug-likeness (QED) is 0.380. The zero-order valence-corrected chi connectivity index (χ0v) is 24.5. The monoisotopic (exact) mass is 595 g/mol. The van der Waals surface area contributed by atoms with Gasteiger partial charge >= 0.3 is 6.09 Å². The summed E-state index contributed by atoms with van der Waals surface area (Å²) in [5.74, 6) is 2.41. The number of halogens is 1. The van der Waals surface area contributed by atoms with Crippen molar-refractivity contribution in [2.24, 2.45) is 23.2 Å². The average molecular weight is 597 g/mol. The number of nitrogens with one attached hydrogen (secondary N) is 2. The highest BCUT2D eigenvalue weighted by molar-refractivity contribution is 6.01. The molecule has 6 rings (SSSR count). The molecule has 4 saturated carbocycles. The first-order valence-electron chi connectivity index (χ1n) is 13.7. The van der Waals surface area contributed by atoms with E-state index in [1.165, 1.54) is 25.3 Å². The molecule has 4 aliphatic carbocycles. The first kappa shape index (κ1) is 29.0. The molecule has 1 aromatic carbocycles. The number of benzene rings is 1. The van der Waals surface area contributed by atoms with Crippen LogP contribution in [0.1, 0.15) is 64.9 Å². The standard InChI is InChI=1S/C31H37N3O4.BrH/c1-30(2,3)38-29(37)33-25-7-4-21(5-8-25)6-9-28(36)32-26-10-12-34(13-11-26)20-27(35)31-17-22-14-23(18-31)16-24(15-22)19-31;/h4-13,22-24H,14-20H2,1-3H3,(H,33,36,37);1H. The van der Waals surface area contributed by atoms with Crippen molar-refractivity contribution in [3.63, 3.8) is 0 Å². The number of Topliss-reactive ketones (excluding diaryl/α,β-unsaturated/α-hetero) is 1. The summed E-state index contributed by atoms with van der Waals surface area (Å²) in [6.07, 6.45) is 13.7. The summed E-state index contributed by atoms with van der Waals surface area (Å²) >= 11 is 0. The second kappa shape index (κ2) is 11.6. The molecule has 2 aromatic rings. The van der Waals surface area contributed by atoms with Crippen LogP contribution in [0, 0.1) is 23.2 Å². The molecule has 8 heteroatoms. The van der Waals surface area contributed by atoms with Gasteiger partial charge in [-0.2, -0.15) is 4.57 Å². The van der Waals surface area contributed by atoms with Gasteiger partial charge in [-0.15, -0.1) is 0 Å². The normalized spacial score (nSPS) is 25.2. The van der Waals surface area contributed by atoms with Gasteiger partial charge in [-0.3, -0.25) is 14.9 Å². The van der Waals surface area contributed by atoms with Gasteiger partial charge in [-0.25, -0.2) is 4.79 Å². The van der Waals surface area contributed by atoms with Crippen molar-refractivity contribution in [1.29, 1.82) is 0 Å². The third kappa shape index (κ3) is 7.35. The highest BCUT2D eigenvalue weighted by Crippen LogP contribution is 2.60. The molecule has 4 aliphatic rings. The Morgan fingerprint density at radius 2 is 1.44 bits per heavy atom. The number of rotatable bonds is 7. The van der Waals surface area contributed by atoms with Crippen LogP contribution in [0.25, 0.3) is 6.08 Å². The number of ketones is 1. The molecule has 0 saturated heterocycles. The van der Waals surface area contributed by atoms with Gasteiger partial charge in [0.2, 0.25) is 18.2 Å². The van der Waals surface area contributed by atoms with E-state index in [0.29, 0.717) is 23.7 Å². The first-order valence-corrected chi connectivity index (χ1v) is 13.7. The van der Waals surface area contributed by atoms with Gasteiger partial charge in [0.05, 0.1) is 5.69 Å². The summed E-state index contributed by atoms with van der Waals surface area (Å²) in [7, 11) is 0. The Kier molecular flexibility index (Phi) is 8.64. The first-order chi connectivity index (χ1) is 18.0. The van der Waals surface area contributed by atoms with Gasteiger partial charge in [-0.1, -0.05) is 12.1 Å². The topological polar surface area (TPSA) is 88.4 Å². The molecule has 1 heterocycles. The van der Waals surface area contributed by atoms with E-state index in [1.807, 2.05) is 62.0 Å². The molecule has 2 amide bonds. The minimum atomic E-state index is -0.565. The van der Waals surface area contributed by atoms with Crippen molar-refractivity contribution < 1.29 is 40.7 Å². The van der Waals surface area contributed by atoms with Crippen molar-refractivity contribution in [2.75, 3.05) is 10.6 Å². The Labute approximate surface area is 241 Å². The van der Waals surface area contributed by atoms with Crippen LogP contribution in [0.2, 0.25) is 0 Å². The highest BCUT2D eigenvalue weighted by atomic mass is 79.9. The number of aromatic nitrogens is 1. The number of hydrogen-bond acceptors (Lipinski definition) is 4. The van der Waals surface area contributed by atoms with E-state index in [4.69, 9.17) is 4.74 Å². The molecule has 39 heavy (non-hydrogen) atoms. The van der Waals surface area contributed by atoms with E-state index in [-0.39, 0.29) is 28.3 Å². The molecule has 4 bridgehead atoms. The molecular formula is C31H38BrN3O4. The van der Waals surface area contributed by atoms with Crippen LogP contribution < -0.4 is 32.2 Å². The van der Waals surface area contributed by atoms with E-state index in [0.717, 1.165) is 42.6 Å². The number of carbonyl (C=O) groups is 3. The molecule has 0 spiro atoms. The maximum Gasteiger partial charge on any atom is 0.412 e. The van der Waals surface area contributed by atoms with Gasteiger partial charge in [0.1, 0.15) is 5.60 Å². The van der Waals surface area contributed by atoms with Crippen LogP contribution >= 0.6 is 0 Å². The van der Waals surface area contributed by atoms with E-state index >= 15 is 0 Å². The van der Waals surface area contributed by atoms with Crippen LogP contribution in [0.15, 0.2) is 54.9 Å². The van der Waals surface area contributed by atoms with Gasteiger partial charge < -0.3 is 27.0 Å². The largest absolute Gasteiger partial charge is 1.00 e. The zero-order valence-electron chi connectivity index (χ0n) is 22.9. The lowest BCUT2D eigenvalue weighted by Crippen LogP contribution is -3.00. The Bertz CT molecular complexity index is 1200. The predicted octanol–water partition coefficient (Wildman–Crippen LogP) is 2.76. The summed E-state index contributed by atoms with van der Waals surface area (Å²) in [6, 6.07) is 10.8. The minimum absolute atomic E-state index is 0. The number of ether oxygens (including phenoxy) is 1. The smallest absolute Gasteiger partial charge is 0.412 e. The van der Waals surface area contributed by atoms with E-state index in [1.54, 1.807) is 18.2 Å². The van der Waals surface area contributed by atoms with Crippen molar-refractivity contribution in [3.8, 4) is 0 Å².